The number of allylic oxidation sites excluding steroid dienone is 1. The predicted molar refractivity (Wildman–Crippen MR) is 20.1 cm³/mol. The fourth-order valence-corrected chi connectivity index (χ4v) is 0.0527. The standard InChI is InChI=1S/C4H4N/c1-2-3-4-5/h2-3H,1H2/i3+1. The Bertz CT molecular complexity index is 58.5. The van der Waals surface area contributed by atoms with Crippen LogP contribution in [0, 0.1) is 17.8 Å². The number of nitriles is 1. The molecule has 0 spiro atoms. The van der Waals surface area contributed by atoms with Gasteiger partial charge in [-0.25, -0.2) is 0 Å². The SMILES string of the molecule is C=C[13CH]C#N. The van der Waals surface area contributed by atoms with Crippen molar-refractivity contribution in [2.75, 3.05) is 0 Å². The van der Waals surface area contributed by atoms with Crippen molar-refractivity contribution in [2.24, 2.45) is 0 Å². The van der Waals surface area contributed by atoms with Crippen molar-refractivity contribution in [2.45, 2.75) is 0 Å². The fraction of sp³-hybridized carbons (Fsp3) is 0. The molecule has 1 heteroatoms. The molecule has 0 aliphatic heterocycles. The van der Waals surface area contributed by atoms with Gasteiger partial charge >= 0.3 is 0 Å². The average Bonchev–Trinajstić information content (AvgIpc) is 1.41. The molecule has 0 amide bonds. The summed E-state index contributed by atoms with van der Waals surface area (Å²) in [6.07, 6.45) is 2.76. The van der Waals surface area contributed by atoms with E-state index in [2.05, 4.69) is 6.58 Å². The van der Waals surface area contributed by atoms with Crippen LogP contribution in [0.2, 0.25) is 0 Å². The lowest BCUT2D eigenvalue weighted by atomic mass is 10.8. The Hall–Kier alpha value is -0.770. The zero-order valence-corrected chi connectivity index (χ0v) is 2.81. The van der Waals surface area contributed by atoms with Crippen molar-refractivity contribution in [1.29, 1.82) is 5.26 Å². The van der Waals surface area contributed by atoms with Crippen molar-refractivity contribution in [1.82, 2.24) is 0 Å². The molecular weight excluding hydrogens is 63.0 g/mol. The van der Waals surface area contributed by atoms with Crippen molar-refractivity contribution in [3.8, 4) is 6.07 Å². The van der Waals surface area contributed by atoms with E-state index in [1.165, 1.54) is 12.5 Å². The molecule has 0 N–H and O–H groups in total. The molecule has 0 rings (SSSR count). The summed E-state index contributed by atoms with van der Waals surface area (Å²) in [6, 6.07) is 1.77. The third-order valence-electron chi connectivity index (χ3n) is 0.192. The molecule has 0 aromatic heterocycles. The van der Waals surface area contributed by atoms with Crippen LogP contribution in [-0.4, -0.2) is 0 Å². The highest BCUT2D eigenvalue weighted by Crippen LogP contribution is 1.65. The number of rotatable bonds is 1. The Labute approximate surface area is 31.5 Å². The molecule has 0 heterocycles. The molecule has 1 nitrogen and oxygen atoms in total. The predicted octanol–water partition coefficient (Wildman–Crippen LogP) is 0.900. The molecule has 0 bridgehead atoms. The van der Waals surface area contributed by atoms with Gasteiger partial charge in [0.05, 0.1) is 12.5 Å². The number of hydrogen-bond donors (Lipinski definition) is 0. The summed E-state index contributed by atoms with van der Waals surface area (Å²) < 4.78 is 0. The van der Waals surface area contributed by atoms with Gasteiger partial charge in [0.25, 0.3) is 0 Å². The van der Waals surface area contributed by atoms with Crippen molar-refractivity contribution in [3.63, 3.8) is 0 Å². The van der Waals surface area contributed by atoms with Crippen LogP contribution in [0.3, 0.4) is 0 Å². The summed E-state index contributed by atoms with van der Waals surface area (Å²) in [6.45, 7) is 3.27. The molecule has 0 atom stereocenters. The Balaban J connectivity index is 2.75. The molecule has 0 saturated carbocycles. The molecule has 0 aliphatic rings. The fourth-order valence-electron chi connectivity index (χ4n) is 0.0527. The highest BCUT2D eigenvalue weighted by Gasteiger charge is 1.58. The molecule has 5 heavy (non-hydrogen) atoms. The molecule has 0 aromatic rings. The molecule has 1 radical (unpaired) electrons. The van der Waals surface area contributed by atoms with Crippen LogP contribution in [0.1, 0.15) is 0 Å². The van der Waals surface area contributed by atoms with E-state index in [1.807, 2.05) is 0 Å². The minimum atomic E-state index is 1.32. The van der Waals surface area contributed by atoms with Crippen LogP contribution in [-0.2, 0) is 0 Å². The van der Waals surface area contributed by atoms with Crippen LogP contribution < -0.4 is 0 Å². The highest BCUT2D eigenvalue weighted by molar-refractivity contribution is 5.04. The maximum atomic E-state index is 7.69. The Morgan fingerprint density at radius 3 is 2.40 bits per heavy atom. The molecule has 0 saturated heterocycles. The first kappa shape index (κ1) is 4.23. The smallest absolute Gasteiger partial charge is 0.0834 e. The second kappa shape index (κ2) is 3.23. The van der Waals surface area contributed by atoms with Gasteiger partial charge in [-0.2, -0.15) is 5.26 Å². The van der Waals surface area contributed by atoms with Crippen LogP contribution in [0.15, 0.2) is 12.7 Å². The third kappa shape index (κ3) is 3.23. The molecule has 25 valence electrons. The maximum absolute atomic E-state index is 7.69. The molecular formula is C4H4N. The first-order chi connectivity index (χ1) is 2.41. The van der Waals surface area contributed by atoms with E-state index < -0.39 is 0 Å². The summed E-state index contributed by atoms with van der Waals surface area (Å²) in [5, 5.41) is 7.69. The topological polar surface area (TPSA) is 23.8 Å². The van der Waals surface area contributed by atoms with Crippen molar-refractivity contribution in [3.05, 3.63) is 19.1 Å². The Morgan fingerprint density at radius 2 is 2.40 bits per heavy atom. The Kier molecular flexibility index (Phi) is 2.73. The summed E-state index contributed by atoms with van der Waals surface area (Å²) in [7, 11) is 0. The normalized spacial score (nSPS) is 5.40. The van der Waals surface area contributed by atoms with E-state index in [4.69, 9.17) is 5.26 Å². The molecule has 0 aromatic carbocycles. The summed E-state index contributed by atoms with van der Waals surface area (Å²) >= 11 is 0. The summed E-state index contributed by atoms with van der Waals surface area (Å²) in [5.41, 5.74) is 0. The van der Waals surface area contributed by atoms with Gasteiger partial charge in [0.2, 0.25) is 0 Å². The van der Waals surface area contributed by atoms with Crippen LogP contribution in [0.4, 0.5) is 0 Å². The number of nitrogens with zero attached hydrogens (tertiary/aromatic N) is 1. The Morgan fingerprint density at radius 1 is 1.80 bits per heavy atom. The monoisotopic (exact) mass is 67.0 g/mol. The lowest BCUT2D eigenvalue weighted by molar-refractivity contribution is 1.51. The van der Waals surface area contributed by atoms with Crippen molar-refractivity contribution >= 4 is 0 Å². The zero-order valence-electron chi connectivity index (χ0n) is 2.81. The van der Waals surface area contributed by atoms with Gasteiger partial charge in [-0.05, 0) is 0 Å². The van der Waals surface area contributed by atoms with Crippen LogP contribution in [0.5, 0.6) is 0 Å². The van der Waals surface area contributed by atoms with Gasteiger partial charge in [-0.1, -0.05) is 6.08 Å². The summed E-state index contributed by atoms with van der Waals surface area (Å²) in [4.78, 5) is 0. The van der Waals surface area contributed by atoms with Gasteiger partial charge in [0, 0.05) is 0 Å². The quantitative estimate of drug-likeness (QED) is 0.418. The number of hydrogen-bond acceptors (Lipinski definition) is 1. The lowest BCUT2D eigenvalue weighted by Crippen LogP contribution is -1.47. The van der Waals surface area contributed by atoms with Gasteiger partial charge in [0.1, 0.15) is 0 Å². The maximum Gasteiger partial charge on any atom is 0.0834 e. The molecule has 0 fully saturated rings. The van der Waals surface area contributed by atoms with Crippen LogP contribution in [0.25, 0.3) is 0 Å². The largest absolute Gasteiger partial charge is 0.198 e. The van der Waals surface area contributed by atoms with E-state index in [-0.39, 0.29) is 0 Å². The second-order valence-corrected chi connectivity index (χ2v) is 0.531. The van der Waals surface area contributed by atoms with Crippen molar-refractivity contribution < 1.29 is 0 Å². The van der Waals surface area contributed by atoms with Gasteiger partial charge < -0.3 is 0 Å². The third-order valence-corrected chi connectivity index (χ3v) is 0.192. The lowest BCUT2D eigenvalue weighted by Gasteiger charge is -1.54. The molecule has 0 aliphatic carbocycles. The summed E-state index contributed by atoms with van der Waals surface area (Å²) in [5.74, 6) is 0. The van der Waals surface area contributed by atoms with E-state index in [0.717, 1.165) is 0 Å². The zero-order chi connectivity index (χ0) is 4.12. The minimum Gasteiger partial charge on any atom is -0.198 e. The highest BCUT2D eigenvalue weighted by atomic mass is 14.3. The first-order valence-electron chi connectivity index (χ1n) is 1.25. The van der Waals surface area contributed by atoms with Gasteiger partial charge in [-0.3, -0.25) is 0 Å². The van der Waals surface area contributed by atoms with E-state index >= 15 is 0 Å². The van der Waals surface area contributed by atoms with Crippen LogP contribution >= 0.6 is 0 Å². The minimum absolute atomic E-state index is 1.32. The van der Waals surface area contributed by atoms with E-state index in [9.17, 15) is 0 Å². The van der Waals surface area contributed by atoms with E-state index in [0.29, 0.717) is 0 Å². The van der Waals surface area contributed by atoms with Gasteiger partial charge in [-0.15, -0.1) is 6.58 Å². The average molecular weight is 67.1 g/mol. The first-order valence-corrected chi connectivity index (χ1v) is 1.25. The second-order valence-electron chi connectivity index (χ2n) is 0.531. The van der Waals surface area contributed by atoms with Gasteiger partial charge in [0.15, 0.2) is 0 Å². The molecule has 0 unspecified atom stereocenters. The van der Waals surface area contributed by atoms with E-state index in [1.54, 1.807) is 6.07 Å².